The van der Waals surface area contributed by atoms with Crippen molar-refractivity contribution in [1.82, 2.24) is 10.0 Å². The molecule has 1 rings (SSSR count). The van der Waals surface area contributed by atoms with Crippen molar-refractivity contribution in [3.05, 3.63) is 15.8 Å². The van der Waals surface area contributed by atoms with Crippen LogP contribution in [0.5, 0.6) is 0 Å². The fourth-order valence-electron chi connectivity index (χ4n) is 1.46. The van der Waals surface area contributed by atoms with Crippen LogP contribution in [0.25, 0.3) is 0 Å². The van der Waals surface area contributed by atoms with Crippen LogP contribution < -0.4 is 10.0 Å². The number of hydrogen-bond donors (Lipinski definition) is 2. The van der Waals surface area contributed by atoms with Crippen molar-refractivity contribution in [1.29, 1.82) is 0 Å². The van der Waals surface area contributed by atoms with Crippen LogP contribution in [0.4, 0.5) is 13.2 Å². The summed E-state index contributed by atoms with van der Waals surface area (Å²) in [6.07, 6.45) is -5.55. The van der Waals surface area contributed by atoms with Crippen LogP contribution in [0.3, 0.4) is 0 Å². The largest absolute Gasteiger partial charge is 0.390 e. The van der Waals surface area contributed by atoms with Crippen LogP contribution in [0.1, 0.15) is 16.2 Å². The number of thiophene rings is 1. The van der Waals surface area contributed by atoms with Gasteiger partial charge in [0.2, 0.25) is 10.0 Å². The first-order chi connectivity index (χ1) is 8.65. The first-order valence-corrected chi connectivity index (χ1v) is 7.76. The molecule has 4 nitrogen and oxygen atoms in total. The van der Waals surface area contributed by atoms with Crippen molar-refractivity contribution >= 4 is 21.4 Å². The van der Waals surface area contributed by atoms with Gasteiger partial charge in [0, 0.05) is 22.8 Å². The molecule has 0 aromatic carbocycles. The maximum Gasteiger partial charge on any atom is 0.390 e. The Morgan fingerprint density at radius 1 is 1.37 bits per heavy atom. The molecule has 0 atom stereocenters. The quantitative estimate of drug-likeness (QED) is 0.844. The molecule has 0 fully saturated rings. The van der Waals surface area contributed by atoms with Gasteiger partial charge in [0.1, 0.15) is 0 Å². The minimum absolute atomic E-state index is 0.0462. The van der Waals surface area contributed by atoms with E-state index in [0.29, 0.717) is 11.4 Å². The number of sulfonamides is 1. The number of nitrogens with one attached hydrogen (secondary N) is 2. The van der Waals surface area contributed by atoms with Gasteiger partial charge in [-0.3, -0.25) is 0 Å². The predicted octanol–water partition coefficient (Wildman–Crippen LogP) is 2.01. The molecule has 0 amide bonds. The Morgan fingerprint density at radius 3 is 2.53 bits per heavy atom. The molecule has 0 saturated carbocycles. The van der Waals surface area contributed by atoms with Crippen LogP contribution >= 0.6 is 11.3 Å². The van der Waals surface area contributed by atoms with Gasteiger partial charge in [0.15, 0.2) is 0 Å². The summed E-state index contributed by atoms with van der Waals surface area (Å²) in [7, 11) is -2.15. The van der Waals surface area contributed by atoms with E-state index in [-0.39, 0.29) is 4.90 Å². The molecule has 0 spiro atoms. The number of hydrogen-bond acceptors (Lipinski definition) is 4. The third kappa shape index (κ3) is 5.09. The van der Waals surface area contributed by atoms with Crippen molar-refractivity contribution in [2.24, 2.45) is 0 Å². The Bertz CT molecular complexity index is 523. The van der Waals surface area contributed by atoms with E-state index in [4.69, 9.17) is 0 Å². The summed E-state index contributed by atoms with van der Waals surface area (Å²) in [6.45, 7) is 1.49. The van der Waals surface area contributed by atoms with Crippen molar-refractivity contribution in [3.8, 4) is 0 Å². The number of alkyl halides is 3. The Kier molecular flexibility index (Phi) is 5.36. The van der Waals surface area contributed by atoms with E-state index in [1.807, 2.05) is 4.72 Å². The molecule has 0 saturated heterocycles. The van der Waals surface area contributed by atoms with Gasteiger partial charge in [0.25, 0.3) is 0 Å². The van der Waals surface area contributed by atoms with E-state index < -0.39 is 29.2 Å². The van der Waals surface area contributed by atoms with Gasteiger partial charge in [-0.15, -0.1) is 11.3 Å². The maximum absolute atomic E-state index is 12.0. The molecule has 0 radical (unpaired) electrons. The molecular formula is C10H15F3N2O2S2. The van der Waals surface area contributed by atoms with Gasteiger partial charge >= 0.3 is 6.18 Å². The molecule has 1 heterocycles. The first-order valence-electron chi connectivity index (χ1n) is 5.46. The Labute approximate surface area is 114 Å². The molecule has 0 aliphatic heterocycles. The lowest BCUT2D eigenvalue weighted by Crippen LogP contribution is -2.28. The molecule has 0 aliphatic carbocycles. The van der Waals surface area contributed by atoms with Gasteiger partial charge in [-0.1, -0.05) is 0 Å². The summed E-state index contributed by atoms with van der Waals surface area (Å²) in [5.41, 5.74) is 0. The van der Waals surface area contributed by atoms with Gasteiger partial charge in [-0.05, 0) is 20.0 Å². The number of rotatable bonds is 6. The first kappa shape index (κ1) is 16.4. The highest BCUT2D eigenvalue weighted by atomic mass is 32.2. The van der Waals surface area contributed by atoms with Crippen LogP contribution in [-0.2, 0) is 16.6 Å². The molecule has 2 N–H and O–H groups in total. The number of halogens is 3. The third-order valence-corrected chi connectivity index (χ3v) is 5.03. The zero-order valence-electron chi connectivity index (χ0n) is 10.5. The average Bonchev–Trinajstić information content (AvgIpc) is 2.58. The van der Waals surface area contributed by atoms with Crippen LogP contribution in [0.2, 0.25) is 0 Å². The second-order valence-corrected chi connectivity index (χ2v) is 7.00. The fraction of sp³-hybridized carbons (Fsp3) is 0.600. The second-order valence-electron chi connectivity index (χ2n) is 3.93. The molecule has 9 heteroatoms. The predicted molar refractivity (Wildman–Crippen MR) is 67.7 cm³/mol. The van der Waals surface area contributed by atoms with Crippen molar-refractivity contribution < 1.29 is 21.6 Å². The SMILES string of the molecule is CNCc1cc(S(=O)(=O)NCCC(F)(F)F)c(C)s1. The molecule has 1 aromatic rings. The summed E-state index contributed by atoms with van der Waals surface area (Å²) in [4.78, 5) is 1.42. The van der Waals surface area contributed by atoms with Gasteiger partial charge in [-0.2, -0.15) is 13.2 Å². The molecular weight excluding hydrogens is 301 g/mol. The highest BCUT2D eigenvalue weighted by molar-refractivity contribution is 7.89. The third-order valence-electron chi connectivity index (χ3n) is 2.26. The van der Waals surface area contributed by atoms with E-state index in [2.05, 4.69) is 5.32 Å². The molecule has 1 aromatic heterocycles. The zero-order chi connectivity index (χ0) is 14.7. The molecule has 0 bridgehead atoms. The minimum Gasteiger partial charge on any atom is -0.315 e. The average molecular weight is 316 g/mol. The van der Waals surface area contributed by atoms with E-state index in [1.165, 1.54) is 17.4 Å². The molecule has 0 unspecified atom stereocenters. The maximum atomic E-state index is 12.0. The lowest BCUT2D eigenvalue weighted by atomic mass is 10.4. The normalized spacial score (nSPS) is 12.9. The molecule has 19 heavy (non-hydrogen) atoms. The summed E-state index contributed by atoms with van der Waals surface area (Å²) in [6, 6.07) is 1.48. The lowest BCUT2D eigenvalue weighted by Gasteiger charge is -2.08. The van der Waals surface area contributed by atoms with Gasteiger partial charge < -0.3 is 5.32 Å². The standard InChI is InChI=1S/C10H15F3N2O2S2/c1-7-9(5-8(18-7)6-14-2)19(16,17)15-4-3-10(11,12)13/h5,14-15H,3-4,6H2,1-2H3. The smallest absolute Gasteiger partial charge is 0.315 e. The zero-order valence-corrected chi connectivity index (χ0v) is 12.1. The summed E-state index contributed by atoms with van der Waals surface area (Å²) in [5, 5.41) is 2.89. The summed E-state index contributed by atoms with van der Waals surface area (Å²) < 4.78 is 61.6. The van der Waals surface area contributed by atoms with Gasteiger partial charge in [0.05, 0.1) is 11.3 Å². The van der Waals surface area contributed by atoms with Crippen molar-refractivity contribution in [2.75, 3.05) is 13.6 Å². The topological polar surface area (TPSA) is 58.2 Å². The Hall–Kier alpha value is -0.640. The van der Waals surface area contributed by atoms with E-state index in [1.54, 1.807) is 14.0 Å². The van der Waals surface area contributed by atoms with E-state index >= 15 is 0 Å². The summed E-state index contributed by atoms with van der Waals surface area (Å²) in [5.74, 6) is 0. The van der Waals surface area contributed by atoms with Crippen molar-refractivity contribution in [2.45, 2.75) is 31.0 Å². The lowest BCUT2D eigenvalue weighted by molar-refractivity contribution is -0.132. The highest BCUT2D eigenvalue weighted by Crippen LogP contribution is 2.26. The monoisotopic (exact) mass is 316 g/mol. The van der Waals surface area contributed by atoms with Crippen LogP contribution in [0.15, 0.2) is 11.0 Å². The van der Waals surface area contributed by atoms with Crippen LogP contribution in [-0.4, -0.2) is 28.2 Å². The molecule has 0 aliphatic rings. The fourth-order valence-corrected chi connectivity index (χ4v) is 4.13. The van der Waals surface area contributed by atoms with Gasteiger partial charge in [-0.25, -0.2) is 13.1 Å². The van der Waals surface area contributed by atoms with E-state index in [9.17, 15) is 21.6 Å². The van der Waals surface area contributed by atoms with Crippen molar-refractivity contribution in [3.63, 3.8) is 0 Å². The number of aryl methyl sites for hydroxylation is 1. The summed E-state index contributed by atoms with van der Waals surface area (Å²) >= 11 is 1.30. The minimum atomic E-state index is -4.37. The van der Waals surface area contributed by atoms with E-state index in [0.717, 1.165) is 4.88 Å². The second kappa shape index (κ2) is 6.21. The Morgan fingerprint density at radius 2 is 2.00 bits per heavy atom. The Balaban J connectivity index is 2.77. The molecule has 110 valence electrons. The van der Waals surface area contributed by atoms with Crippen LogP contribution in [0, 0.1) is 6.92 Å². The highest BCUT2D eigenvalue weighted by Gasteiger charge is 2.28.